The van der Waals surface area contributed by atoms with E-state index >= 15 is 0 Å². The maximum Gasteiger partial charge on any atom is 0.416 e. The number of hydrogen-bond donors (Lipinski definition) is 2. The summed E-state index contributed by atoms with van der Waals surface area (Å²) in [5, 5.41) is 3.78. The Morgan fingerprint density at radius 2 is 1.89 bits per heavy atom. The highest BCUT2D eigenvalue weighted by atomic mass is 19.4. The minimum absolute atomic E-state index is 0.0179. The smallest absolute Gasteiger partial charge is 0.358 e. The van der Waals surface area contributed by atoms with E-state index < -0.39 is 11.7 Å². The normalized spacial score (nSPS) is 16.8. The van der Waals surface area contributed by atoms with Crippen molar-refractivity contribution in [1.82, 2.24) is 10.3 Å². The summed E-state index contributed by atoms with van der Waals surface area (Å²) in [4.78, 5) is 15.6. The second-order valence-corrected chi connectivity index (χ2v) is 7.15. The first-order valence-corrected chi connectivity index (χ1v) is 9.04. The number of benzene rings is 2. The van der Waals surface area contributed by atoms with Crippen LogP contribution in [0.1, 0.15) is 28.8 Å². The summed E-state index contributed by atoms with van der Waals surface area (Å²) in [5.41, 5.74) is 2.75. The molecule has 0 fully saturated rings. The fourth-order valence-electron chi connectivity index (χ4n) is 3.79. The van der Waals surface area contributed by atoms with Gasteiger partial charge in [-0.25, -0.2) is 4.39 Å². The van der Waals surface area contributed by atoms with Gasteiger partial charge in [0.25, 0.3) is 0 Å². The standard InChI is InChI=1S/C21H18F4N2O/c22-14-5-7-18-16(10-14)17-11-15(6-8-19(17)27-18)26-20(28)9-12-1-3-13(4-2-12)21(23,24)25/h1-5,7,10,15,27H,6,8-9,11H2,(H,26,28). The van der Waals surface area contributed by atoms with Gasteiger partial charge in [-0.15, -0.1) is 0 Å². The number of nitrogens with one attached hydrogen (secondary N) is 2. The zero-order chi connectivity index (χ0) is 19.9. The average Bonchev–Trinajstić information content (AvgIpc) is 2.98. The van der Waals surface area contributed by atoms with E-state index in [1.165, 1.54) is 24.3 Å². The number of alkyl halides is 3. The summed E-state index contributed by atoms with van der Waals surface area (Å²) >= 11 is 0. The number of amides is 1. The predicted molar refractivity (Wildman–Crippen MR) is 97.4 cm³/mol. The highest BCUT2D eigenvalue weighted by molar-refractivity contribution is 5.85. The minimum atomic E-state index is -4.39. The Morgan fingerprint density at radius 3 is 2.61 bits per heavy atom. The van der Waals surface area contributed by atoms with Crippen molar-refractivity contribution >= 4 is 16.8 Å². The minimum Gasteiger partial charge on any atom is -0.358 e. The first-order chi connectivity index (χ1) is 13.3. The number of rotatable bonds is 3. The number of halogens is 4. The van der Waals surface area contributed by atoms with Gasteiger partial charge in [0.2, 0.25) is 5.91 Å². The van der Waals surface area contributed by atoms with Gasteiger partial charge in [-0.05, 0) is 60.7 Å². The summed E-state index contributed by atoms with van der Waals surface area (Å²) in [7, 11) is 0. The molecule has 1 unspecified atom stereocenters. The summed E-state index contributed by atoms with van der Waals surface area (Å²) < 4.78 is 51.4. The largest absolute Gasteiger partial charge is 0.416 e. The summed E-state index contributed by atoms with van der Waals surface area (Å²) in [6.07, 6.45) is -2.28. The van der Waals surface area contributed by atoms with Gasteiger partial charge in [-0.3, -0.25) is 4.79 Å². The Hall–Kier alpha value is -2.83. The third kappa shape index (κ3) is 3.74. The molecular formula is C21H18F4N2O. The van der Waals surface area contributed by atoms with Crippen molar-refractivity contribution < 1.29 is 22.4 Å². The highest BCUT2D eigenvalue weighted by Gasteiger charge is 2.30. The van der Waals surface area contributed by atoms with Gasteiger partial charge in [0.1, 0.15) is 5.82 Å². The molecule has 1 atom stereocenters. The molecule has 1 aliphatic carbocycles. The second kappa shape index (κ2) is 6.96. The Bertz CT molecular complexity index is 1020. The van der Waals surface area contributed by atoms with Crippen molar-refractivity contribution in [3.63, 3.8) is 0 Å². The molecule has 4 rings (SSSR count). The lowest BCUT2D eigenvalue weighted by molar-refractivity contribution is -0.137. The Labute approximate surface area is 158 Å². The molecule has 3 aromatic rings. The number of aryl methyl sites for hydroxylation is 1. The van der Waals surface area contributed by atoms with Gasteiger partial charge in [-0.1, -0.05) is 12.1 Å². The van der Waals surface area contributed by atoms with Gasteiger partial charge in [0.05, 0.1) is 12.0 Å². The molecule has 2 N–H and O–H groups in total. The summed E-state index contributed by atoms with van der Waals surface area (Å²) in [6.45, 7) is 0. The number of fused-ring (bicyclic) bond motifs is 3. The molecular weight excluding hydrogens is 372 g/mol. The van der Waals surface area contributed by atoms with Crippen LogP contribution in [0.2, 0.25) is 0 Å². The zero-order valence-electron chi connectivity index (χ0n) is 14.9. The molecule has 1 aromatic heterocycles. The van der Waals surface area contributed by atoms with E-state index in [1.54, 1.807) is 6.07 Å². The van der Waals surface area contributed by atoms with Crippen molar-refractivity contribution in [1.29, 1.82) is 0 Å². The molecule has 0 aliphatic heterocycles. The molecule has 146 valence electrons. The van der Waals surface area contributed by atoms with Crippen molar-refractivity contribution in [2.45, 2.75) is 37.9 Å². The molecule has 1 aliphatic rings. The van der Waals surface area contributed by atoms with Crippen LogP contribution in [0.15, 0.2) is 42.5 Å². The molecule has 0 spiro atoms. The van der Waals surface area contributed by atoms with E-state index in [0.29, 0.717) is 12.0 Å². The van der Waals surface area contributed by atoms with E-state index in [-0.39, 0.29) is 24.2 Å². The zero-order valence-corrected chi connectivity index (χ0v) is 14.9. The monoisotopic (exact) mass is 390 g/mol. The van der Waals surface area contributed by atoms with Crippen LogP contribution in [0.3, 0.4) is 0 Å². The van der Waals surface area contributed by atoms with E-state index in [9.17, 15) is 22.4 Å². The molecule has 3 nitrogen and oxygen atoms in total. The lowest BCUT2D eigenvalue weighted by Crippen LogP contribution is -2.39. The van der Waals surface area contributed by atoms with E-state index in [2.05, 4.69) is 10.3 Å². The molecule has 0 radical (unpaired) electrons. The number of carbonyl (C=O) groups is 1. The van der Waals surface area contributed by atoms with Gasteiger partial charge in [-0.2, -0.15) is 13.2 Å². The molecule has 7 heteroatoms. The molecule has 28 heavy (non-hydrogen) atoms. The van der Waals surface area contributed by atoms with Crippen LogP contribution in [-0.4, -0.2) is 16.9 Å². The second-order valence-electron chi connectivity index (χ2n) is 7.15. The fraction of sp³-hybridized carbons (Fsp3) is 0.286. The Morgan fingerprint density at radius 1 is 1.14 bits per heavy atom. The highest BCUT2D eigenvalue weighted by Crippen LogP contribution is 2.30. The predicted octanol–water partition coefficient (Wildman–Crippen LogP) is 4.54. The maximum absolute atomic E-state index is 13.6. The summed E-state index contributed by atoms with van der Waals surface area (Å²) in [6, 6.07) is 9.14. The van der Waals surface area contributed by atoms with Gasteiger partial charge < -0.3 is 10.3 Å². The molecule has 1 heterocycles. The molecule has 2 aromatic carbocycles. The van der Waals surface area contributed by atoms with Gasteiger partial charge >= 0.3 is 6.18 Å². The fourth-order valence-corrected chi connectivity index (χ4v) is 3.79. The molecule has 0 saturated heterocycles. The number of H-pyrrole nitrogens is 1. The Kier molecular flexibility index (Phi) is 4.61. The quantitative estimate of drug-likeness (QED) is 0.634. The number of aromatic nitrogens is 1. The summed E-state index contributed by atoms with van der Waals surface area (Å²) in [5.74, 6) is -0.540. The van der Waals surface area contributed by atoms with E-state index in [4.69, 9.17) is 0 Å². The van der Waals surface area contributed by atoms with E-state index in [1.807, 2.05) is 0 Å². The average molecular weight is 390 g/mol. The number of hydrogen-bond acceptors (Lipinski definition) is 1. The van der Waals surface area contributed by atoms with Crippen molar-refractivity contribution in [3.05, 3.63) is 70.7 Å². The topological polar surface area (TPSA) is 44.9 Å². The SMILES string of the molecule is O=C(Cc1ccc(C(F)(F)F)cc1)NC1CCc2[nH]c3ccc(F)cc3c2C1. The third-order valence-electron chi connectivity index (χ3n) is 5.16. The molecule has 1 amide bonds. The maximum atomic E-state index is 13.6. The van der Waals surface area contributed by atoms with Crippen LogP contribution in [0.4, 0.5) is 17.6 Å². The number of carbonyl (C=O) groups excluding carboxylic acids is 1. The lowest BCUT2D eigenvalue weighted by Gasteiger charge is -2.23. The van der Waals surface area contributed by atoms with Crippen molar-refractivity contribution in [2.24, 2.45) is 0 Å². The van der Waals surface area contributed by atoms with Crippen LogP contribution >= 0.6 is 0 Å². The van der Waals surface area contributed by atoms with E-state index in [0.717, 1.165) is 47.1 Å². The van der Waals surface area contributed by atoms with Crippen LogP contribution in [0.25, 0.3) is 10.9 Å². The van der Waals surface area contributed by atoms with Crippen molar-refractivity contribution in [3.8, 4) is 0 Å². The number of aromatic amines is 1. The van der Waals surface area contributed by atoms with Gasteiger partial charge in [0, 0.05) is 22.6 Å². The van der Waals surface area contributed by atoms with Crippen molar-refractivity contribution in [2.75, 3.05) is 0 Å². The third-order valence-corrected chi connectivity index (χ3v) is 5.16. The molecule has 0 bridgehead atoms. The first kappa shape index (κ1) is 18.5. The lowest BCUT2D eigenvalue weighted by atomic mass is 9.91. The Balaban J connectivity index is 1.42. The van der Waals surface area contributed by atoms with Gasteiger partial charge in [0.15, 0.2) is 0 Å². The van der Waals surface area contributed by atoms with Crippen LogP contribution in [-0.2, 0) is 30.2 Å². The van der Waals surface area contributed by atoms with Crippen LogP contribution in [0.5, 0.6) is 0 Å². The van der Waals surface area contributed by atoms with Crippen LogP contribution in [0, 0.1) is 5.82 Å². The molecule has 0 saturated carbocycles. The van der Waals surface area contributed by atoms with Crippen LogP contribution < -0.4 is 5.32 Å². The first-order valence-electron chi connectivity index (χ1n) is 9.04.